The first-order chi connectivity index (χ1) is 11.2. The average Bonchev–Trinajstić information content (AvgIpc) is 2.49. The van der Waals surface area contributed by atoms with E-state index in [0.29, 0.717) is 0 Å². The predicted octanol–water partition coefficient (Wildman–Crippen LogP) is 2.75. The van der Waals surface area contributed by atoms with Gasteiger partial charge in [-0.15, -0.1) is 0 Å². The quantitative estimate of drug-likeness (QED) is 0.913. The molecule has 5 nitrogen and oxygen atoms in total. The number of carbonyl (C=O) groups is 1. The van der Waals surface area contributed by atoms with E-state index in [1.165, 1.54) is 4.90 Å². The minimum atomic E-state index is -0.657. The van der Waals surface area contributed by atoms with Gasteiger partial charge in [-0.3, -0.25) is 0 Å². The minimum Gasteiger partial charge on any atom is -0.490 e. The first-order valence-electron chi connectivity index (χ1n) is 7.89. The third-order valence-corrected chi connectivity index (χ3v) is 3.61. The molecule has 0 radical (unpaired) electrons. The van der Waals surface area contributed by atoms with E-state index < -0.39 is 23.3 Å². The molecule has 1 amide bonds. The van der Waals surface area contributed by atoms with Crippen LogP contribution >= 0.6 is 0 Å². The molecule has 0 aliphatic carbocycles. The van der Waals surface area contributed by atoms with Crippen LogP contribution in [0.25, 0.3) is 0 Å². The van der Waals surface area contributed by atoms with Crippen LogP contribution in [0, 0.1) is 17.6 Å². The second kappa shape index (κ2) is 7.34. The normalized spacial score (nSPS) is 17.0. The van der Waals surface area contributed by atoms with Gasteiger partial charge in [-0.25, -0.2) is 13.6 Å². The van der Waals surface area contributed by atoms with Gasteiger partial charge in [-0.2, -0.15) is 0 Å². The van der Waals surface area contributed by atoms with Gasteiger partial charge in [0.05, 0.1) is 13.2 Å². The van der Waals surface area contributed by atoms with Crippen LogP contribution < -0.4 is 4.74 Å². The molecule has 2 rings (SSSR count). The SMILES string of the molecule is CC(C)(C)OC(=O)N(CCO)C[C@@H]1COc2c(F)ccc(F)c2C1. The van der Waals surface area contributed by atoms with Crippen LogP contribution in [-0.2, 0) is 11.2 Å². The maximum atomic E-state index is 13.9. The van der Waals surface area contributed by atoms with E-state index >= 15 is 0 Å². The Labute approximate surface area is 140 Å². The summed E-state index contributed by atoms with van der Waals surface area (Å²) >= 11 is 0. The van der Waals surface area contributed by atoms with Crippen molar-refractivity contribution in [3.63, 3.8) is 0 Å². The highest BCUT2D eigenvalue weighted by Crippen LogP contribution is 2.32. The number of nitrogens with zero attached hydrogens (tertiary/aromatic N) is 1. The highest BCUT2D eigenvalue weighted by molar-refractivity contribution is 5.68. The lowest BCUT2D eigenvalue weighted by atomic mass is 9.95. The standard InChI is InChI=1S/C17H23F2NO4/c1-17(2,3)24-16(22)20(6-7-21)9-11-8-12-13(18)4-5-14(19)15(12)23-10-11/h4-5,11,21H,6-10H2,1-3H3/t11-/m1/s1. The van der Waals surface area contributed by atoms with Crippen LogP contribution in [0.2, 0.25) is 0 Å². The fraction of sp³-hybridized carbons (Fsp3) is 0.588. The summed E-state index contributed by atoms with van der Waals surface area (Å²) in [5.41, 5.74) is -0.477. The average molecular weight is 343 g/mol. The lowest BCUT2D eigenvalue weighted by Gasteiger charge is -2.32. The molecule has 1 aliphatic heterocycles. The zero-order valence-electron chi connectivity index (χ0n) is 14.1. The molecular formula is C17H23F2NO4. The lowest BCUT2D eigenvalue weighted by molar-refractivity contribution is 0.0163. The maximum absolute atomic E-state index is 13.9. The summed E-state index contributed by atoms with van der Waals surface area (Å²) in [5, 5.41) is 9.16. The van der Waals surface area contributed by atoms with Gasteiger partial charge in [0.15, 0.2) is 11.6 Å². The number of benzene rings is 1. The first-order valence-corrected chi connectivity index (χ1v) is 7.89. The smallest absolute Gasteiger partial charge is 0.410 e. The van der Waals surface area contributed by atoms with Crippen LogP contribution in [0.4, 0.5) is 13.6 Å². The minimum absolute atomic E-state index is 0.0581. The number of aliphatic hydroxyl groups is 1. The molecule has 1 aliphatic rings. The van der Waals surface area contributed by atoms with Gasteiger partial charge in [0.25, 0.3) is 0 Å². The Hall–Kier alpha value is -1.89. The first kappa shape index (κ1) is 18.4. The Balaban J connectivity index is 2.08. The topological polar surface area (TPSA) is 59.0 Å². The zero-order chi connectivity index (χ0) is 17.9. The molecule has 24 heavy (non-hydrogen) atoms. The molecule has 0 spiro atoms. The molecule has 1 aromatic carbocycles. The Morgan fingerprint density at radius 3 is 2.67 bits per heavy atom. The summed E-state index contributed by atoms with van der Waals surface area (Å²) in [4.78, 5) is 13.6. The number of amides is 1. The van der Waals surface area contributed by atoms with Gasteiger partial charge >= 0.3 is 6.09 Å². The van der Waals surface area contributed by atoms with E-state index in [9.17, 15) is 13.6 Å². The van der Waals surface area contributed by atoms with Crippen molar-refractivity contribution < 1.29 is 28.2 Å². The summed E-state index contributed by atoms with van der Waals surface area (Å²) in [7, 11) is 0. The number of hydrogen-bond acceptors (Lipinski definition) is 4. The number of hydrogen-bond donors (Lipinski definition) is 1. The van der Waals surface area contributed by atoms with Gasteiger partial charge in [0.2, 0.25) is 0 Å². The summed E-state index contributed by atoms with van der Waals surface area (Å²) in [5.74, 6) is -1.39. The van der Waals surface area contributed by atoms with E-state index in [4.69, 9.17) is 14.6 Å². The van der Waals surface area contributed by atoms with Crippen LogP contribution in [0.5, 0.6) is 5.75 Å². The molecule has 1 atom stereocenters. The summed E-state index contributed by atoms with van der Waals surface area (Å²) < 4.78 is 38.2. The number of fused-ring (bicyclic) bond motifs is 1. The van der Waals surface area contributed by atoms with Gasteiger partial charge in [0.1, 0.15) is 11.4 Å². The molecule has 0 fully saturated rings. The van der Waals surface area contributed by atoms with Gasteiger partial charge in [-0.05, 0) is 39.3 Å². The zero-order valence-corrected chi connectivity index (χ0v) is 14.1. The molecule has 0 unspecified atom stereocenters. The number of carbonyl (C=O) groups excluding carboxylic acids is 1. The molecule has 1 aromatic rings. The highest BCUT2D eigenvalue weighted by Gasteiger charge is 2.29. The Bertz CT molecular complexity index is 601. The van der Waals surface area contributed by atoms with Crippen LogP contribution in [0.15, 0.2) is 12.1 Å². The van der Waals surface area contributed by atoms with Crippen molar-refractivity contribution >= 4 is 6.09 Å². The number of ether oxygens (including phenoxy) is 2. The second-order valence-corrected chi connectivity index (χ2v) is 6.87. The Morgan fingerprint density at radius 1 is 1.38 bits per heavy atom. The third-order valence-electron chi connectivity index (χ3n) is 3.61. The van der Waals surface area contributed by atoms with Crippen LogP contribution in [0.1, 0.15) is 26.3 Å². The van der Waals surface area contributed by atoms with Crippen molar-refractivity contribution in [1.29, 1.82) is 0 Å². The molecule has 1 heterocycles. The largest absolute Gasteiger partial charge is 0.490 e. The molecule has 0 aromatic heterocycles. The Kier molecular flexibility index (Phi) is 5.64. The second-order valence-electron chi connectivity index (χ2n) is 6.87. The van der Waals surface area contributed by atoms with Gasteiger partial charge < -0.3 is 19.5 Å². The van der Waals surface area contributed by atoms with Crippen molar-refractivity contribution in [3.8, 4) is 5.75 Å². The monoisotopic (exact) mass is 343 g/mol. The van der Waals surface area contributed by atoms with E-state index in [1.807, 2.05) is 0 Å². The van der Waals surface area contributed by atoms with Gasteiger partial charge in [-0.1, -0.05) is 0 Å². The van der Waals surface area contributed by atoms with Gasteiger partial charge in [0, 0.05) is 24.6 Å². The van der Waals surface area contributed by atoms with Crippen molar-refractivity contribution in [2.24, 2.45) is 5.92 Å². The van der Waals surface area contributed by atoms with Crippen molar-refractivity contribution in [2.45, 2.75) is 32.8 Å². The van der Waals surface area contributed by atoms with E-state index in [-0.39, 0.29) is 50.0 Å². The molecule has 134 valence electrons. The summed E-state index contributed by atoms with van der Waals surface area (Å²) in [6, 6.07) is 2.10. The molecule has 1 N–H and O–H groups in total. The van der Waals surface area contributed by atoms with Crippen LogP contribution in [-0.4, -0.2) is 48.0 Å². The van der Waals surface area contributed by atoms with Crippen molar-refractivity contribution in [1.82, 2.24) is 4.90 Å². The number of halogens is 2. The Morgan fingerprint density at radius 2 is 2.04 bits per heavy atom. The fourth-order valence-corrected chi connectivity index (χ4v) is 2.60. The van der Waals surface area contributed by atoms with Crippen LogP contribution in [0.3, 0.4) is 0 Å². The fourth-order valence-electron chi connectivity index (χ4n) is 2.60. The molecule has 0 saturated carbocycles. The summed E-state index contributed by atoms with van der Waals surface area (Å²) in [6.45, 7) is 5.53. The number of aliphatic hydroxyl groups excluding tert-OH is 1. The molecular weight excluding hydrogens is 320 g/mol. The van der Waals surface area contributed by atoms with Crippen molar-refractivity contribution in [2.75, 3.05) is 26.3 Å². The lowest BCUT2D eigenvalue weighted by Crippen LogP contribution is -2.43. The highest BCUT2D eigenvalue weighted by atomic mass is 19.1. The molecule has 0 saturated heterocycles. The van der Waals surface area contributed by atoms with E-state index in [2.05, 4.69) is 0 Å². The van der Waals surface area contributed by atoms with E-state index in [1.54, 1.807) is 20.8 Å². The third kappa shape index (κ3) is 4.56. The van der Waals surface area contributed by atoms with E-state index in [0.717, 1.165) is 12.1 Å². The molecule has 7 heteroatoms. The predicted molar refractivity (Wildman–Crippen MR) is 83.9 cm³/mol. The van der Waals surface area contributed by atoms with Crippen molar-refractivity contribution in [3.05, 3.63) is 29.3 Å². The summed E-state index contributed by atoms with van der Waals surface area (Å²) in [6.07, 6.45) is -0.300. The molecule has 0 bridgehead atoms. The number of rotatable bonds is 4. The maximum Gasteiger partial charge on any atom is 0.410 e.